The molecule has 0 aliphatic carbocycles. The van der Waals surface area contributed by atoms with Gasteiger partial charge in [0, 0.05) is 5.69 Å². The van der Waals surface area contributed by atoms with Gasteiger partial charge in [0.2, 0.25) is 0 Å². The van der Waals surface area contributed by atoms with E-state index in [1.807, 2.05) is 18.4 Å². The van der Waals surface area contributed by atoms with Crippen LogP contribution in [0.3, 0.4) is 0 Å². The smallest absolute Gasteiger partial charge is 0.150 e. The van der Waals surface area contributed by atoms with Gasteiger partial charge < -0.3 is 5.32 Å². The fraction of sp³-hybridized carbons (Fsp3) is 0.182. The number of hydrogen-bond acceptors (Lipinski definition) is 4. The minimum atomic E-state index is 0.555. The molecule has 0 aliphatic rings. The number of aromatic nitrogens is 1. The molecule has 0 saturated heterocycles. The molecule has 15 heavy (non-hydrogen) atoms. The van der Waals surface area contributed by atoms with E-state index in [0.717, 1.165) is 15.5 Å². The molecule has 0 bridgehead atoms. The van der Waals surface area contributed by atoms with E-state index in [1.54, 1.807) is 23.1 Å². The van der Waals surface area contributed by atoms with Gasteiger partial charge in [-0.1, -0.05) is 17.7 Å². The maximum atomic E-state index is 5.19. The summed E-state index contributed by atoms with van der Waals surface area (Å²) in [6.45, 7) is 0.555. The van der Waals surface area contributed by atoms with Gasteiger partial charge in [-0.15, -0.1) is 17.8 Å². The van der Waals surface area contributed by atoms with Gasteiger partial charge in [-0.2, -0.15) is 0 Å². The van der Waals surface area contributed by atoms with E-state index in [-0.39, 0.29) is 0 Å². The van der Waals surface area contributed by atoms with E-state index in [4.69, 9.17) is 6.42 Å². The van der Waals surface area contributed by atoms with E-state index >= 15 is 0 Å². The van der Waals surface area contributed by atoms with Crippen molar-refractivity contribution in [3.8, 4) is 12.3 Å². The van der Waals surface area contributed by atoms with Gasteiger partial charge in [-0.3, -0.25) is 0 Å². The molecular weight excluding hydrogens is 224 g/mol. The van der Waals surface area contributed by atoms with E-state index < -0.39 is 0 Å². The van der Waals surface area contributed by atoms with Gasteiger partial charge in [-0.05, 0) is 24.5 Å². The average molecular weight is 234 g/mol. The zero-order valence-electron chi connectivity index (χ0n) is 8.28. The van der Waals surface area contributed by atoms with Crippen molar-refractivity contribution < 1.29 is 0 Å². The monoisotopic (exact) mass is 234 g/mol. The van der Waals surface area contributed by atoms with Crippen LogP contribution in [0.4, 0.5) is 5.69 Å². The summed E-state index contributed by atoms with van der Waals surface area (Å²) in [6, 6.07) is 6.11. The molecule has 2 aromatic rings. The van der Waals surface area contributed by atoms with Crippen LogP contribution in [0.2, 0.25) is 0 Å². The van der Waals surface area contributed by atoms with Crippen molar-refractivity contribution in [1.82, 2.24) is 4.98 Å². The standard InChI is InChI=1S/C11H10N2S2/c1-3-6-12-8-4-5-9-10(7-8)15-11(13-9)14-2/h1,4-5,7,12H,6H2,2H3. The summed E-state index contributed by atoms with van der Waals surface area (Å²) in [6.07, 6.45) is 7.23. The first-order valence-electron chi connectivity index (χ1n) is 4.45. The molecule has 1 N–H and O–H groups in total. The Morgan fingerprint density at radius 1 is 1.60 bits per heavy atom. The number of thioether (sulfide) groups is 1. The molecular formula is C11H10N2S2. The quantitative estimate of drug-likeness (QED) is 0.652. The number of nitrogens with zero attached hydrogens (tertiary/aromatic N) is 1. The number of fused-ring (bicyclic) bond motifs is 1. The lowest BCUT2D eigenvalue weighted by Gasteiger charge is -2.00. The summed E-state index contributed by atoms with van der Waals surface area (Å²) in [5.41, 5.74) is 2.10. The normalized spacial score (nSPS) is 10.1. The Labute approximate surface area is 97.1 Å². The van der Waals surface area contributed by atoms with Crippen LogP contribution in [0.15, 0.2) is 22.5 Å². The molecule has 0 fully saturated rings. The highest BCUT2D eigenvalue weighted by Crippen LogP contribution is 2.29. The predicted molar refractivity (Wildman–Crippen MR) is 68.7 cm³/mol. The highest BCUT2D eigenvalue weighted by atomic mass is 32.2. The van der Waals surface area contributed by atoms with Crippen molar-refractivity contribution in [3.05, 3.63) is 18.2 Å². The van der Waals surface area contributed by atoms with Gasteiger partial charge >= 0.3 is 0 Å². The van der Waals surface area contributed by atoms with Crippen molar-refractivity contribution >= 4 is 39.0 Å². The molecule has 1 aromatic carbocycles. The summed E-state index contributed by atoms with van der Waals surface area (Å²) < 4.78 is 2.29. The zero-order chi connectivity index (χ0) is 10.7. The van der Waals surface area contributed by atoms with E-state index in [2.05, 4.69) is 22.3 Å². The van der Waals surface area contributed by atoms with Crippen LogP contribution in [-0.2, 0) is 0 Å². The van der Waals surface area contributed by atoms with Crippen LogP contribution >= 0.6 is 23.1 Å². The summed E-state index contributed by atoms with van der Waals surface area (Å²) in [7, 11) is 0. The minimum absolute atomic E-state index is 0.555. The number of benzene rings is 1. The molecule has 4 heteroatoms. The second-order valence-electron chi connectivity index (χ2n) is 2.92. The number of hydrogen-bond donors (Lipinski definition) is 1. The lowest BCUT2D eigenvalue weighted by Crippen LogP contribution is -1.97. The van der Waals surface area contributed by atoms with Crippen molar-refractivity contribution in [2.24, 2.45) is 0 Å². The van der Waals surface area contributed by atoms with Gasteiger partial charge in [0.05, 0.1) is 16.8 Å². The lowest BCUT2D eigenvalue weighted by molar-refractivity contribution is 1.31. The topological polar surface area (TPSA) is 24.9 Å². The Morgan fingerprint density at radius 3 is 3.20 bits per heavy atom. The first kappa shape index (κ1) is 10.3. The first-order valence-corrected chi connectivity index (χ1v) is 6.49. The molecule has 0 aliphatic heterocycles. The van der Waals surface area contributed by atoms with Gasteiger partial charge in [-0.25, -0.2) is 4.98 Å². The minimum Gasteiger partial charge on any atom is -0.374 e. The highest BCUT2D eigenvalue weighted by molar-refractivity contribution is 8.00. The summed E-state index contributed by atoms with van der Waals surface area (Å²) >= 11 is 3.38. The average Bonchev–Trinajstić information content (AvgIpc) is 2.68. The van der Waals surface area contributed by atoms with E-state index in [0.29, 0.717) is 6.54 Å². The Bertz CT molecular complexity index is 511. The largest absolute Gasteiger partial charge is 0.374 e. The lowest BCUT2D eigenvalue weighted by atomic mass is 10.3. The van der Waals surface area contributed by atoms with Crippen LogP contribution in [0.25, 0.3) is 10.2 Å². The maximum Gasteiger partial charge on any atom is 0.150 e. The van der Waals surface area contributed by atoms with E-state index in [1.165, 1.54) is 4.70 Å². The van der Waals surface area contributed by atoms with Crippen LogP contribution in [0.5, 0.6) is 0 Å². The first-order chi connectivity index (χ1) is 7.33. The third kappa shape index (κ3) is 2.25. The second-order valence-corrected chi connectivity index (χ2v) is 5.01. The zero-order valence-corrected chi connectivity index (χ0v) is 9.91. The van der Waals surface area contributed by atoms with Crippen LogP contribution < -0.4 is 5.32 Å². The van der Waals surface area contributed by atoms with Crippen molar-refractivity contribution in [1.29, 1.82) is 0 Å². The number of nitrogens with one attached hydrogen (secondary N) is 1. The second kappa shape index (κ2) is 4.56. The fourth-order valence-electron chi connectivity index (χ4n) is 1.25. The maximum absolute atomic E-state index is 5.19. The third-order valence-electron chi connectivity index (χ3n) is 1.94. The highest BCUT2D eigenvalue weighted by Gasteiger charge is 2.02. The number of terminal acetylenes is 1. The van der Waals surface area contributed by atoms with Crippen LogP contribution in [-0.4, -0.2) is 17.8 Å². The molecule has 0 spiro atoms. The van der Waals surface area contributed by atoms with Crippen LogP contribution in [0, 0.1) is 12.3 Å². The molecule has 1 heterocycles. The van der Waals surface area contributed by atoms with Crippen LogP contribution in [0.1, 0.15) is 0 Å². The van der Waals surface area contributed by atoms with Gasteiger partial charge in [0.25, 0.3) is 0 Å². The molecule has 76 valence electrons. The number of anilines is 1. The molecule has 2 rings (SSSR count). The van der Waals surface area contributed by atoms with Gasteiger partial charge in [0.1, 0.15) is 0 Å². The molecule has 0 amide bonds. The molecule has 1 aromatic heterocycles. The summed E-state index contributed by atoms with van der Waals surface area (Å²) in [5.74, 6) is 2.55. The molecule has 0 saturated carbocycles. The molecule has 2 nitrogen and oxygen atoms in total. The van der Waals surface area contributed by atoms with Gasteiger partial charge in [0.15, 0.2) is 4.34 Å². The Morgan fingerprint density at radius 2 is 2.47 bits per heavy atom. The summed E-state index contributed by atoms with van der Waals surface area (Å²) in [4.78, 5) is 4.47. The SMILES string of the molecule is C#CCNc1ccc2nc(SC)sc2c1. The Balaban J connectivity index is 2.34. The number of rotatable bonds is 3. The summed E-state index contributed by atoms with van der Waals surface area (Å²) in [5, 5.41) is 3.15. The van der Waals surface area contributed by atoms with E-state index in [9.17, 15) is 0 Å². The molecule has 0 radical (unpaired) electrons. The Kier molecular flexibility index (Phi) is 3.14. The Hall–Kier alpha value is -1.18. The fourth-order valence-corrected chi connectivity index (χ4v) is 2.78. The van der Waals surface area contributed by atoms with Crippen molar-refractivity contribution in [2.45, 2.75) is 4.34 Å². The third-order valence-corrected chi connectivity index (χ3v) is 3.94. The molecule has 0 atom stereocenters. The number of thiazole rings is 1. The predicted octanol–water partition coefficient (Wildman–Crippen LogP) is 3.06. The van der Waals surface area contributed by atoms with Crippen molar-refractivity contribution in [2.75, 3.05) is 18.1 Å². The van der Waals surface area contributed by atoms with Crippen molar-refractivity contribution in [3.63, 3.8) is 0 Å². The molecule has 0 unspecified atom stereocenters.